The Morgan fingerprint density at radius 3 is 2.68 bits per heavy atom. The van der Waals surface area contributed by atoms with E-state index >= 15 is 0 Å². The number of hydrogen-bond donors (Lipinski definition) is 1. The van der Waals surface area contributed by atoms with Gasteiger partial charge in [0.15, 0.2) is 0 Å². The van der Waals surface area contributed by atoms with E-state index in [0.29, 0.717) is 18.5 Å². The summed E-state index contributed by atoms with van der Waals surface area (Å²) in [7, 11) is 2.11. The zero-order chi connectivity index (χ0) is 13.7. The van der Waals surface area contributed by atoms with Crippen molar-refractivity contribution in [1.82, 2.24) is 4.90 Å². The summed E-state index contributed by atoms with van der Waals surface area (Å²) in [6.45, 7) is 1.46. The van der Waals surface area contributed by atoms with Crippen molar-refractivity contribution in [2.75, 3.05) is 13.6 Å². The molecule has 1 aliphatic carbocycles. The fourth-order valence-corrected chi connectivity index (χ4v) is 3.29. The van der Waals surface area contributed by atoms with Crippen molar-refractivity contribution in [2.24, 2.45) is 11.7 Å². The van der Waals surface area contributed by atoms with Crippen molar-refractivity contribution in [2.45, 2.75) is 44.7 Å². The molecule has 1 atom stereocenters. The van der Waals surface area contributed by atoms with Gasteiger partial charge in [0, 0.05) is 19.1 Å². The Labute approximate surface area is 115 Å². The van der Waals surface area contributed by atoms with Crippen molar-refractivity contribution >= 4 is 0 Å². The van der Waals surface area contributed by atoms with Gasteiger partial charge in [0.1, 0.15) is 5.82 Å². The molecule has 1 saturated carbocycles. The average molecular weight is 264 g/mol. The van der Waals surface area contributed by atoms with Crippen LogP contribution in [0.15, 0.2) is 24.3 Å². The van der Waals surface area contributed by atoms with Gasteiger partial charge in [-0.25, -0.2) is 4.39 Å². The van der Waals surface area contributed by atoms with E-state index in [0.717, 1.165) is 12.1 Å². The number of hydrogen-bond acceptors (Lipinski definition) is 2. The minimum absolute atomic E-state index is 0.159. The molecule has 3 heteroatoms. The number of nitrogens with two attached hydrogens (primary N) is 1. The van der Waals surface area contributed by atoms with Gasteiger partial charge >= 0.3 is 0 Å². The lowest BCUT2D eigenvalue weighted by molar-refractivity contribution is 0.143. The monoisotopic (exact) mass is 264 g/mol. The largest absolute Gasteiger partial charge is 0.329 e. The van der Waals surface area contributed by atoms with Crippen molar-refractivity contribution < 1.29 is 4.39 Å². The molecule has 0 aliphatic heterocycles. The van der Waals surface area contributed by atoms with E-state index in [2.05, 4.69) is 11.9 Å². The first-order valence-electron chi connectivity index (χ1n) is 7.35. The summed E-state index contributed by atoms with van der Waals surface area (Å²) < 4.78 is 13.2. The van der Waals surface area contributed by atoms with E-state index in [9.17, 15) is 4.39 Å². The molecular formula is C16H25FN2. The van der Waals surface area contributed by atoms with Crippen LogP contribution in [0.4, 0.5) is 4.39 Å². The average Bonchev–Trinajstić information content (AvgIpc) is 2.41. The molecule has 0 saturated heterocycles. The summed E-state index contributed by atoms with van der Waals surface area (Å²) in [5, 5.41) is 0. The Morgan fingerprint density at radius 1 is 1.32 bits per heavy atom. The first kappa shape index (κ1) is 14.5. The Balaban J connectivity index is 1.97. The molecule has 2 N–H and O–H groups in total. The summed E-state index contributed by atoms with van der Waals surface area (Å²) >= 11 is 0. The molecular weight excluding hydrogens is 239 g/mol. The van der Waals surface area contributed by atoms with E-state index in [4.69, 9.17) is 5.73 Å². The first-order valence-corrected chi connectivity index (χ1v) is 7.35. The molecule has 0 aromatic heterocycles. The summed E-state index contributed by atoms with van der Waals surface area (Å²) in [6.07, 6.45) is 6.59. The highest BCUT2D eigenvalue weighted by molar-refractivity contribution is 5.16. The summed E-state index contributed by atoms with van der Waals surface area (Å²) in [4.78, 5) is 2.30. The summed E-state index contributed by atoms with van der Waals surface area (Å²) in [5.41, 5.74) is 7.00. The maximum Gasteiger partial charge on any atom is 0.123 e. The third kappa shape index (κ3) is 4.02. The van der Waals surface area contributed by atoms with Gasteiger partial charge < -0.3 is 5.73 Å². The van der Waals surface area contributed by atoms with Crippen LogP contribution in [-0.4, -0.2) is 24.5 Å². The van der Waals surface area contributed by atoms with Crippen LogP contribution in [0.2, 0.25) is 0 Å². The van der Waals surface area contributed by atoms with E-state index in [-0.39, 0.29) is 5.82 Å². The maximum absolute atomic E-state index is 13.2. The molecule has 0 spiro atoms. The van der Waals surface area contributed by atoms with Crippen molar-refractivity contribution in [3.8, 4) is 0 Å². The molecule has 1 unspecified atom stereocenters. The van der Waals surface area contributed by atoms with Gasteiger partial charge in [0.2, 0.25) is 0 Å². The van der Waals surface area contributed by atoms with Crippen LogP contribution in [0.1, 0.15) is 37.7 Å². The lowest BCUT2D eigenvalue weighted by Gasteiger charge is -2.36. The van der Waals surface area contributed by atoms with E-state index < -0.39 is 0 Å². The molecule has 1 aromatic rings. The van der Waals surface area contributed by atoms with Crippen LogP contribution in [0.25, 0.3) is 0 Å². The molecule has 19 heavy (non-hydrogen) atoms. The molecule has 0 radical (unpaired) electrons. The van der Waals surface area contributed by atoms with Crippen LogP contribution in [0.5, 0.6) is 0 Å². The van der Waals surface area contributed by atoms with Crippen LogP contribution in [0.3, 0.4) is 0 Å². The highest BCUT2D eigenvalue weighted by Crippen LogP contribution is 2.28. The molecule has 1 aromatic carbocycles. The normalized spacial score (nSPS) is 18.7. The van der Waals surface area contributed by atoms with Gasteiger partial charge in [0.05, 0.1) is 0 Å². The predicted octanol–water partition coefficient (Wildman–Crippen LogP) is 3.17. The zero-order valence-corrected chi connectivity index (χ0v) is 11.8. The van der Waals surface area contributed by atoms with Gasteiger partial charge in [0.25, 0.3) is 0 Å². The summed E-state index contributed by atoms with van der Waals surface area (Å²) in [6, 6.07) is 7.28. The standard InChI is InChI=1S/C16H25FN2/c1-19(12-13-6-5-9-15(17)10-13)16(11-18)14-7-3-2-4-8-14/h5-6,9-10,14,16H,2-4,7-8,11-12,18H2,1H3. The van der Waals surface area contributed by atoms with Gasteiger partial charge in [-0.3, -0.25) is 4.90 Å². The molecule has 0 amide bonds. The number of halogens is 1. The number of rotatable bonds is 5. The minimum atomic E-state index is -0.159. The van der Waals surface area contributed by atoms with Crippen LogP contribution in [0, 0.1) is 11.7 Å². The lowest BCUT2D eigenvalue weighted by Crippen LogP contribution is -2.43. The first-order chi connectivity index (χ1) is 9.20. The maximum atomic E-state index is 13.2. The van der Waals surface area contributed by atoms with Crippen molar-refractivity contribution in [1.29, 1.82) is 0 Å². The van der Waals surface area contributed by atoms with Crippen LogP contribution < -0.4 is 5.73 Å². The van der Waals surface area contributed by atoms with Gasteiger partial charge in [-0.15, -0.1) is 0 Å². The highest BCUT2D eigenvalue weighted by Gasteiger charge is 2.25. The van der Waals surface area contributed by atoms with Gasteiger partial charge in [-0.2, -0.15) is 0 Å². The topological polar surface area (TPSA) is 29.3 Å². The molecule has 1 aliphatic rings. The van der Waals surface area contributed by atoms with E-state index in [1.807, 2.05) is 6.07 Å². The Hall–Kier alpha value is -0.930. The minimum Gasteiger partial charge on any atom is -0.329 e. The smallest absolute Gasteiger partial charge is 0.123 e. The van der Waals surface area contributed by atoms with Crippen LogP contribution in [-0.2, 0) is 6.54 Å². The highest BCUT2D eigenvalue weighted by atomic mass is 19.1. The lowest BCUT2D eigenvalue weighted by atomic mass is 9.83. The Kier molecular flexibility index (Phi) is 5.34. The Bertz CT molecular complexity index is 388. The van der Waals surface area contributed by atoms with E-state index in [1.54, 1.807) is 12.1 Å². The second-order valence-electron chi connectivity index (χ2n) is 5.75. The molecule has 0 bridgehead atoms. The van der Waals surface area contributed by atoms with Crippen LogP contribution >= 0.6 is 0 Å². The molecule has 2 rings (SSSR count). The zero-order valence-electron chi connectivity index (χ0n) is 11.8. The number of nitrogens with zero attached hydrogens (tertiary/aromatic N) is 1. The third-order valence-corrected chi connectivity index (χ3v) is 4.32. The second kappa shape index (κ2) is 7.01. The van der Waals surface area contributed by atoms with Gasteiger partial charge in [-0.05, 0) is 43.5 Å². The second-order valence-corrected chi connectivity index (χ2v) is 5.75. The predicted molar refractivity (Wildman–Crippen MR) is 77.3 cm³/mol. The Morgan fingerprint density at radius 2 is 2.05 bits per heavy atom. The number of likely N-dealkylation sites (N-methyl/N-ethyl adjacent to an activating group) is 1. The van der Waals surface area contributed by atoms with Crippen molar-refractivity contribution in [3.05, 3.63) is 35.6 Å². The summed E-state index contributed by atoms with van der Waals surface area (Å²) in [5.74, 6) is 0.546. The third-order valence-electron chi connectivity index (χ3n) is 4.32. The molecule has 1 fully saturated rings. The molecule has 0 heterocycles. The molecule has 106 valence electrons. The molecule has 2 nitrogen and oxygen atoms in total. The SMILES string of the molecule is CN(Cc1cccc(F)c1)C(CN)C1CCCCC1. The van der Waals surface area contributed by atoms with E-state index in [1.165, 1.54) is 38.2 Å². The van der Waals surface area contributed by atoms with Crippen molar-refractivity contribution in [3.63, 3.8) is 0 Å². The fraction of sp³-hybridized carbons (Fsp3) is 0.625. The number of benzene rings is 1. The quantitative estimate of drug-likeness (QED) is 0.885. The van der Waals surface area contributed by atoms with Gasteiger partial charge in [-0.1, -0.05) is 31.4 Å². The fourth-order valence-electron chi connectivity index (χ4n) is 3.29.